The van der Waals surface area contributed by atoms with Gasteiger partial charge in [-0.15, -0.1) is 0 Å². The highest BCUT2D eigenvalue weighted by atomic mass is 79.9. The third-order valence-electron chi connectivity index (χ3n) is 3.73. The zero-order chi connectivity index (χ0) is 16.6. The Morgan fingerprint density at radius 2 is 2.04 bits per heavy atom. The SMILES string of the molecule is CCOC(=O)c1c(C)n(-c2cccc(Br)c2)c2ccc(O)cc12. The Labute approximate surface area is 142 Å². The maximum Gasteiger partial charge on any atom is 0.340 e. The Morgan fingerprint density at radius 1 is 1.26 bits per heavy atom. The van der Waals surface area contributed by atoms with Crippen LogP contribution < -0.4 is 0 Å². The second-order valence-corrected chi connectivity index (χ2v) is 6.11. The number of halogens is 1. The molecule has 23 heavy (non-hydrogen) atoms. The first-order valence-electron chi connectivity index (χ1n) is 7.30. The first kappa shape index (κ1) is 15.6. The summed E-state index contributed by atoms with van der Waals surface area (Å²) in [6, 6.07) is 12.9. The summed E-state index contributed by atoms with van der Waals surface area (Å²) >= 11 is 3.48. The zero-order valence-electron chi connectivity index (χ0n) is 12.8. The van der Waals surface area contributed by atoms with Crippen molar-refractivity contribution in [3.63, 3.8) is 0 Å². The summed E-state index contributed by atoms with van der Waals surface area (Å²) in [7, 11) is 0. The van der Waals surface area contributed by atoms with E-state index >= 15 is 0 Å². The van der Waals surface area contributed by atoms with Gasteiger partial charge in [-0.2, -0.15) is 0 Å². The van der Waals surface area contributed by atoms with Crippen LogP contribution in [0.25, 0.3) is 16.6 Å². The lowest BCUT2D eigenvalue weighted by Crippen LogP contribution is -2.07. The van der Waals surface area contributed by atoms with Crippen molar-refractivity contribution in [1.29, 1.82) is 0 Å². The zero-order valence-corrected chi connectivity index (χ0v) is 14.4. The molecule has 0 saturated heterocycles. The average Bonchev–Trinajstić information content (AvgIpc) is 2.78. The number of hydrogen-bond acceptors (Lipinski definition) is 3. The Kier molecular flexibility index (Phi) is 4.13. The number of phenolic OH excluding ortho intramolecular Hbond substituents is 1. The highest BCUT2D eigenvalue weighted by Crippen LogP contribution is 2.32. The van der Waals surface area contributed by atoms with Gasteiger partial charge in [-0.25, -0.2) is 4.79 Å². The lowest BCUT2D eigenvalue weighted by atomic mass is 10.1. The van der Waals surface area contributed by atoms with Gasteiger partial charge in [0, 0.05) is 21.2 Å². The van der Waals surface area contributed by atoms with E-state index in [0.29, 0.717) is 17.6 Å². The number of fused-ring (bicyclic) bond motifs is 1. The van der Waals surface area contributed by atoms with Crippen molar-refractivity contribution < 1.29 is 14.6 Å². The fourth-order valence-corrected chi connectivity index (χ4v) is 3.20. The van der Waals surface area contributed by atoms with Crippen LogP contribution in [0.2, 0.25) is 0 Å². The first-order chi connectivity index (χ1) is 11.0. The number of carbonyl (C=O) groups is 1. The van der Waals surface area contributed by atoms with Gasteiger partial charge in [0.25, 0.3) is 0 Å². The Morgan fingerprint density at radius 3 is 2.74 bits per heavy atom. The van der Waals surface area contributed by atoms with Crippen molar-refractivity contribution in [1.82, 2.24) is 4.57 Å². The van der Waals surface area contributed by atoms with Crippen LogP contribution >= 0.6 is 15.9 Å². The molecule has 0 aliphatic rings. The Bertz CT molecular complexity index is 899. The molecular formula is C18H16BrNO3. The predicted molar refractivity (Wildman–Crippen MR) is 93.3 cm³/mol. The van der Waals surface area contributed by atoms with Crippen molar-refractivity contribution in [2.75, 3.05) is 6.61 Å². The quantitative estimate of drug-likeness (QED) is 0.683. The maximum atomic E-state index is 12.4. The van der Waals surface area contributed by atoms with Crippen molar-refractivity contribution >= 4 is 32.8 Å². The molecule has 1 aromatic heterocycles. The average molecular weight is 374 g/mol. The lowest BCUT2D eigenvalue weighted by molar-refractivity contribution is 0.0527. The second-order valence-electron chi connectivity index (χ2n) is 5.20. The van der Waals surface area contributed by atoms with Gasteiger partial charge in [0.05, 0.1) is 17.7 Å². The summed E-state index contributed by atoms with van der Waals surface area (Å²) in [6.07, 6.45) is 0. The van der Waals surface area contributed by atoms with Crippen LogP contribution in [0.1, 0.15) is 23.0 Å². The largest absolute Gasteiger partial charge is 0.508 e. The van der Waals surface area contributed by atoms with Gasteiger partial charge in [0.15, 0.2) is 0 Å². The summed E-state index contributed by atoms with van der Waals surface area (Å²) < 4.78 is 8.13. The lowest BCUT2D eigenvalue weighted by Gasteiger charge is -2.09. The highest BCUT2D eigenvalue weighted by Gasteiger charge is 2.22. The van der Waals surface area contributed by atoms with Crippen LogP contribution in [0.3, 0.4) is 0 Å². The van der Waals surface area contributed by atoms with Crippen molar-refractivity contribution in [3.8, 4) is 11.4 Å². The number of carbonyl (C=O) groups excluding carboxylic acids is 1. The van der Waals surface area contributed by atoms with Crippen molar-refractivity contribution in [2.24, 2.45) is 0 Å². The highest BCUT2D eigenvalue weighted by molar-refractivity contribution is 9.10. The predicted octanol–water partition coefficient (Wildman–Crippen LogP) is 4.58. The van der Waals surface area contributed by atoms with Gasteiger partial charge in [-0.05, 0) is 50.2 Å². The third-order valence-corrected chi connectivity index (χ3v) is 4.23. The number of benzene rings is 2. The number of esters is 1. The minimum atomic E-state index is -0.380. The number of aromatic nitrogens is 1. The molecule has 118 valence electrons. The standard InChI is InChI=1S/C18H16BrNO3/c1-3-23-18(22)17-11(2)20(13-6-4-5-12(19)9-13)16-8-7-14(21)10-15(16)17/h4-10,21H,3H2,1-2H3. The fraction of sp³-hybridized carbons (Fsp3) is 0.167. The van der Waals surface area contributed by atoms with Crippen LogP contribution in [0, 0.1) is 6.92 Å². The summed E-state index contributed by atoms with van der Waals surface area (Å²) in [5.74, 6) is -0.260. The monoisotopic (exact) mass is 373 g/mol. The molecule has 0 spiro atoms. The molecular weight excluding hydrogens is 358 g/mol. The van der Waals surface area contributed by atoms with Crippen LogP contribution in [-0.4, -0.2) is 22.2 Å². The van der Waals surface area contributed by atoms with Crippen LogP contribution in [-0.2, 0) is 4.74 Å². The number of aromatic hydroxyl groups is 1. The minimum Gasteiger partial charge on any atom is -0.508 e. The molecule has 2 aromatic carbocycles. The molecule has 0 atom stereocenters. The van der Waals surface area contributed by atoms with Gasteiger partial charge >= 0.3 is 5.97 Å². The van der Waals surface area contributed by atoms with E-state index in [0.717, 1.165) is 21.4 Å². The molecule has 1 N–H and O–H groups in total. The molecule has 4 nitrogen and oxygen atoms in total. The smallest absolute Gasteiger partial charge is 0.340 e. The van der Waals surface area contributed by atoms with Crippen molar-refractivity contribution in [3.05, 3.63) is 58.2 Å². The van der Waals surface area contributed by atoms with Crippen LogP contribution in [0.5, 0.6) is 5.75 Å². The van der Waals surface area contributed by atoms with Gasteiger partial charge in [0.1, 0.15) is 5.75 Å². The molecule has 0 amide bonds. The van der Waals surface area contributed by atoms with Gasteiger partial charge in [-0.3, -0.25) is 0 Å². The van der Waals surface area contributed by atoms with E-state index in [2.05, 4.69) is 15.9 Å². The Hall–Kier alpha value is -2.27. The summed E-state index contributed by atoms with van der Waals surface area (Å²) in [5, 5.41) is 10.5. The second kappa shape index (κ2) is 6.08. The van der Waals surface area contributed by atoms with E-state index in [1.165, 1.54) is 0 Å². The number of hydrogen-bond donors (Lipinski definition) is 1. The van der Waals surface area contributed by atoms with Gasteiger partial charge in [-0.1, -0.05) is 22.0 Å². The third kappa shape index (κ3) is 2.72. The fourth-order valence-electron chi connectivity index (χ4n) is 2.82. The molecule has 0 saturated carbocycles. The molecule has 0 radical (unpaired) electrons. The van der Waals surface area contributed by atoms with E-state index < -0.39 is 0 Å². The molecule has 0 aliphatic heterocycles. The van der Waals surface area contributed by atoms with E-state index in [1.54, 1.807) is 25.1 Å². The van der Waals surface area contributed by atoms with Crippen LogP contribution in [0.4, 0.5) is 0 Å². The van der Waals surface area contributed by atoms with Crippen LogP contribution in [0.15, 0.2) is 46.9 Å². The Balaban J connectivity index is 2.34. The van der Waals surface area contributed by atoms with E-state index in [-0.39, 0.29) is 11.7 Å². The normalized spacial score (nSPS) is 10.9. The number of rotatable bonds is 3. The minimum absolute atomic E-state index is 0.120. The van der Waals surface area contributed by atoms with E-state index in [1.807, 2.05) is 35.8 Å². The van der Waals surface area contributed by atoms with Crippen molar-refractivity contribution in [2.45, 2.75) is 13.8 Å². The molecule has 3 aromatic rings. The number of phenols is 1. The summed E-state index contributed by atoms with van der Waals surface area (Å²) in [5.41, 5.74) is 3.05. The summed E-state index contributed by atoms with van der Waals surface area (Å²) in [6.45, 7) is 3.96. The van der Waals surface area contributed by atoms with Gasteiger partial charge in [0.2, 0.25) is 0 Å². The molecule has 0 unspecified atom stereocenters. The molecule has 5 heteroatoms. The molecule has 3 rings (SSSR count). The van der Waals surface area contributed by atoms with E-state index in [4.69, 9.17) is 4.74 Å². The molecule has 0 bridgehead atoms. The molecule has 1 heterocycles. The van der Waals surface area contributed by atoms with Gasteiger partial charge < -0.3 is 14.4 Å². The maximum absolute atomic E-state index is 12.4. The van der Waals surface area contributed by atoms with E-state index in [9.17, 15) is 9.90 Å². The molecule has 0 aliphatic carbocycles. The molecule has 0 fully saturated rings. The number of ether oxygens (including phenoxy) is 1. The first-order valence-corrected chi connectivity index (χ1v) is 8.09. The number of nitrogens with zero attached hydrogens (tertiary/aromatic N) is 1. The summed E-state index contributed by atoms with van der Waals surface area (Å²) in [4.78, 5) is 12.4. The topological polar surface area (TPSA) is 51.5 Å².